The molecule has 1 aromatic carbocycles. The van der Waals surface area contributed by atoms with Crippen molar-refractivity contribution in [3.05, 3.63) is 29.3 Å². The maximum atomic E-state index is 12.7. The highest BCUT2D eigenvalue weighted by Gasteiger charge is 2.32. The molecule has 0 saturated carbocycles. The monoisotopic (exact) mass is 358 g/mol. The smallest absolute Gasteiger partial charge is 0.313 e. The summed E-state index contributed by atoms with van der Waals surface area (Å²) in [7, 11) is -3.95. The molecule has 1 unspecified atom stereocenters. The Morgan fingerprint density at radius 2 is 2.05 bits per heavy atom. The molecule has 0 aromatic heterocycles. The molecule has 22 heavy (non-hydrogen) atoms. The first kappa shape index (κ1) is 19.2. The lowest BCUT2D eigenvalue weighted by Crippen LogP contribution is -2.37. The van der Waals surface area contributed by atoms with Crippen LogP contribution in [0.4, 0.5) is 13.2 Å². The highest BCUT2D eigenvalue weighted by atomic mass is 35.5. The highest BCUT2D eigenvalue weighted by Crippen LogP contribution is 2.31. The third kappa shape index (κ3) is 4.58. The molecule has 1 fully saturated rings. The maximum Gasteiger partial charge on any atom is 0.416 e. The van der Waals surface area contributed by atoms with Crippen LogP contribution < -0.4 is 10.0 Å². The van der Waals surface area contributed by atoms with E-state index in [0.717, 1.165) is 25.5 Å². The predicted octanol–water partition coefficient (Wildman–Crippen LogP) is 2.47. The average Bonchev–Trinajstić information content (AvgIpc) is 2.88. The number of hydrogen-bond donors (Lipinski definition) is 2. The van der Waals surface area contributed by atoms with Gasteiger partial charge >= 0.3 is 6.18 Å². The summed E-state index contributed by atoms with van der Waals surface area (Å²) >= 11 is 0. The molecule has 4 nitrogen and oxygen atoms in total. The van der Waals surface area contributed by atoms with Crippen molar-refractivity contribution in [2.24, 2.45) is 0 Å². The second-order valence-corrected chi connectivity index (χ2v) is 6.86. The third-order valence-electron chi connectivity index (χ3n) is 3.49. The molecule has 0 aliphatic carbocycles. The SMILES string of the molecule is Cc1ccc(C(F)(F)F)cc1S(=O)(=O)NCC1CCCN1.Cl. The summed E-state index contributed by atoms with van der Waals surface area (Å²) in [6.07, 6.45) is -2.75. The average molecular weight is 359 g/mol. The predicted molar refractivity (Wildman–Crippen MR) is 79.6 cm³/mol. The molecule has 1 aromatic rings. The Bertz CT molecular complexity index is 614. The molecule has 126 valence electrons. The minimum absolute atomic E-state index is 0. The van der Waals surface area contributed by atoms with E-state index in [9.17, 15) is 21.6 Å². The van der Waals surface area contributed by atoms with Crippen LogP contribution in [0.3, 0.4) is 0 Å². The van der Waals surface area contributed by atoms with E-state index in [1.54, 1.807) is 0 Å². The van der Waals surface area contributed by atoms with Crippen molar-refractivity contribution >= 4 is 22.4 Å². The van der Waals surface area contributed by atoms with Crippen LogP contribution in [-0.4, -0.2) is 27.5 Å². The Kier molecular flexibility index (Phi) is 6.26. The third-order valence-corrected chi connectivity index (χ3v) is 5.05. The van der Waals surface area contributed by atoms with Crippen molar-refractivity contribution in [2.75, 3.05) is 13.1 Å². The zero-order valence-electron chi connectivity index (χ0n) is 11.9. The van der Waals surface area contributed by atoms with Crippen molar-refractivity contribution in [1.29, 1.82) is 0 Å². The Morgan fingerprint density at radius 1 is 1.36 bits per heavy atom. The van der Waals surface area contributed by atoms with Gasteiger partial charge in [0.25, 0.3) is 0 Å². The normalized spacial score (nSPS) is 19.0. The Hall–Kier alpha value is -0.830. The van der Waals surface area contributed by atoms with Crippen LogP contribution in [0.5, 0.6) is 0 Å². The van der Waals surface area contributed by atoms with Gasteiger partial charge in [-0.05, 0) is 44.0 Å². The van der Waals surface area contributed by atoms with E-state index in [-0.39, 0.29) is 35.5 Å². The number of alkyl halides is 3. The first-order valence-corrected chi connectivity index (χ1v) is 8.09. The molecular formula is C13H18ClF3N2O2S. The number of benzene rings is 1. The van der Waals surface area contributed by atoms with E-state index in [1.165, 1.54) is 13.0 Å². The molecule has 2 rings (SSSR count). The molecule has 2 N–H and O–H groups in total. The van der Waals surface area contributed by atoms with E-state index in [0.29, 0.717) is 6.07 Å². The molecule has 1 aliphatic heterocycles. The molecule has 1 saturated heterocycles. The van der Waals surface area contributed by atoms with Crippen LogP contribution >= 0.6 is 12.4 Å². The van der Waals surface area contributed by atoms with E-state index in [4.69, 9.17) is 0 Å². The highest BCUT2D eigenvalue weighted by molar-refractivity contribution is 7.89. The molecule has 0 spiro atoms. The lowest BCUT2D eigenvalue weighted by atomic mass is 10.1. The van der Waals surface area contributed by atoms with Gasteiger partial charge in [0.1, 0.15) is 0 Å². The number of rotatable bonds is 4. The van der Waals surface area contributed by atoms with Crippen LogP contribution in [0.15, 0.2) is 23.1 Å². The summed E-state index contributed by atoms with van der Waals surface area (Å²) in [6, 6.07) is 2.77. The number of sulfonamides is 1. The van der Waals surface area contributed by atoms with Gasteiger partial charge in [0, 0.05) is 12.6 Å². The second-order valence-electron chi connectivity index (χ2n) is 5.12. The van der Waals surface area contributed by atoms with Crippen LogP contribution in [0.2, 0.25) is 0 Å². The fourth-order valence-corrected chi connectivity index (χ4v) is 3.64. The van der Waals surface area contributed by atoms with Crippen molar-refractivity contribution < 1.29 is 21.6 Å². The van der Waals surface area contributed by atoms with Gasteiger partial charge in [-0.1, -0.05) is 6.07 Å². The molecule has 1 aliphatic rings. The quantitative estimate of drug-likeness (QED) is 0.869. The Morgan fingerprint density at radius 3 is 2.59 bits per heavy atom. The number of aryl methyl sites for hydroxylation is 1. The number of nitrogens with one attached hydrogen (secondary N) is 2. The molecule has 0 radical (unpaired) electrons. The zero-order chi connectivity index (χ0) is 15.7. The van der Waals surface area contributed by atoms with Gasteiger partial charge in [0.15, 0.2) is 0 Å². The van der Waals surface area contributed by atoms with Crippen molar-refractivity contribution in [2.45, 2.75) is 36.9 Å². The van der Waals surface area contributed by atoms with E-state index in [1.807, 2.05) is 0 Å². The van der Waals surface area contributed by atoms with Gasteiger partial charge in [0.05, 0.1) is 10.5 Å². The summed E-state index contributed by atoms with van der Waals surface area (Å²) < 4.78 is 64.8. The maximum absolute atomic E-state index is 12.7. The second kappa shape index (κ2) is 7.16. The summed E-state index contributed by atoms with van der Waals surface area (Å²) in [6.45, 7) is 2.48. The van der Waals surface area contributed by atoms with Crippen LogP contribution in [0, 0.1) is 6.92 Å². The van der Waals surface area contributed by atoms with Crippen LogP contribution in [0.1, 0.15) is 24.0 Å². The first-order valence-electron chi connectivity index (χ1n) is 6.61. The Labute approximate surface area is 133 Å². The van der Waals surface area contributed by atoms with Gasteiger partial charge in [-0.3, -0.25) is 0 Å². The van der Waals surface area contributed by atoms with Crippen LogP contribution in [0.25, 0.3) is 0 Å². The van der Waals surface area contributed by atoms with E-state index in [2.05, 4.69) is 10.0 Å². The Balaban J connectivity index is 0.00000242. The minimum atomic E-state index is -4.56. The van der Waals surface area contributed by atoms with Gasteiger partial charge in [-0.15, -0.1) is 12.4 Å². The molecule has 9 heteroatoms. The van der Waals surface area contributed by atoms with Crippen molar-refractivity contribution in [3.8, 4) is 0 Å². The number of halogens is 4. The molecule has 0 bridgehead atoms. The summed E-state index contributed by atoms with van der Waals surface area (Å²) in [5.74, 6) is 0. The summed E-state index contributed by atoms with van der Waals surface area (Å²) in [5.41, 5.74) is -0.678. The van der Waals surface area contributed by atoms with E-state index < -0.39 is 21.8 Å². The molecule has 0 amide bonds. The lowest BCUT2D eigenvalue weighted by molar-refractivity contribution is -0.137. The van der Waals surface area contributed by atoms with Crippen LogP contribution in [-0.2, 0) is 16.2 Å². The standard InChI is InChI=1S/C13H17F3N2O2S.ClH/c1-9-4-5-10(13(14,15)16)7-12(9)21(19,20)18-8-11-3-2-6-17-11;/h4-5,7,11,17-18H,2-3,6,8H2,1H3;1H. The van der Waals surface area contributed by atoms with Gasteiger partial charge in [0.2, 0.25) is 10.0 Å². The fourth-order valence-electron chi connectivity index (χ4n) is 2.28. The van der Waals surface area contributed by atoms with Crippen molar-refractivity contribution in [3.63, 3.8) is 0 Å². The largest absolute Gasteiger partial charge is 0.416 e. The van der Waals surface area contributed by atoms with Crippen molar-refractivity contribution in [1.82, 2.24) is 10.0 Å². The molecule has 1 atom stereocenters. The molecular weight excluding hydrogens is 341 g/mol. The van der Waals surface area contributed by atoms with Gasteiger partial charge in [-0.2, -0.15) is 13.2 Å². The lowest BCUT2D eigenvalue weighted by Gasteiger charge is -2.15. The fraction of sp³-hybridized carbons (Fsp3) is 0.538. The summed E-state index contributed by atoms with van der Waals surface area (Å²) in [5, 5.41) is 3.12. The van der Waals surface area contributed by atoms with Gasteiger partial charge < -0.3 is 5.32 Å². The minimum Gasteiger partial charge on any atom is -0.313 e. The van der Waals surface area contributed by atoms with E-state index >= 15 is 0 Å². The van der Waals surface area contributed by atoms with Gasteiger partial charge in [-0.25, -0.2) is 13.1 Å². The first-order chi connectivity index (χ1) is 9.70. The topological polar surface area (TPSA) is 58.2 Å². The molecule has 1 heterocycles. The summed E-state index contributed by atoms with van der Waals surface area (Å²) in [4.78, 5) is -0.324. The number of hydrogen-bond acceptors (Lipinski definition) is 3. The zero-order valence-corrected chi connectivity index (χ0v) is 13.5.